The van der Waals surface area contributed by atoms with Gasteiger partial charge in [0, 0.05) is 4.88 Å². The summed E-state index contributed by atoms with van der Waals surface area (Å²) in [6, 6.07) is 9.04. The first-order valence-corrected chi connectivity index (χ1v) is 9.10. The number of nitrogens with one attached hydrogen (secondary N) is 1. The van der Waals surface area contributed by atoms with E-state index in [1.807, 2.05) is 32.0 Å². The Balaban J connectivity index is 1.75. The molecule has 6 nitrogen and oxygen atoms in total. The fourth-order valence-electron chi connectivity index (χ4n) is 2.54. The molecular weight excluding hydrogens is 352 g/mol. The molecule has 0 amide bonds. The summed E-state index contributed by atoms with van der Waals surface area (Å²) in [5.41, 5.74) is 0.711. The topological polar surface area (TPSA) is 81.3 Å². The van der Waals surface area contributed by atoms with E-state index in [0.717, 1.165) is 10.4 Å². The molecule has 2 aromatic heterocycles. The zero-order valence-corrected chi connectivity index (χ0v) is 15.8. The van der Waals surface area contributed by atoms with Crippen molar-refractivity contribution in [3.63, 3.8) is 0 Å². The van der Waals surface area contributed by atoms with Crippen LogP contribution in [0.15, 0.2) is 35.1 Å². The summed E-state index contributed by atoms with van der Waals surface area (Å²) in [7, 11) is 0. The van der Waals surface area contributed by atoms with Gasteiger partial charge in [0.1, 0.15) is 10.6 Å². The van der Waals surface area contributed by atoms with Gasteiger partial charge >= 0.3 is 5.97 Å². The Bertz CT molecular complexity index is 994. The molecule has 0 radical (unpaired) electrons. The average molecular weight is 372 g/mol. The third kappa shape index (κ3) is 3.62. The van der Waals surface area contributed by atoms with Crippen LogP contribution in [-0.4, -0.2) is 22.0 Å². The number of hydrogen-bond acceptors (Lipinski definition) is 6. The molecule has 3 rings (SSSR count). The summed E-state index contributed by atoms with van der Waals surface area (Å²) in [5, 5.41) is 0.593. The van der Waals surface area contributed by atoms with E-state index < -0.39 is 18.2 Å². The zero-order valence-electron chi connectivity index (χ0n) is 15.0. The summed E-state index contributed by atoms with van der Waals surface area (Å²) >= 11 is 1.46. The molecule has 0 aliphatic rings. The van der Waals surface area contributed by atoms with Crippen LogP contribution in [0.5, 0.6) is 5.75 Å². The van der Waals surface area contributed by atoms with E-state index in [2.05, 4.69) is 9.97 Å². The van der Waals surface area contributed by atoms with Gasteiger partial charge in [-0.05, 0) is 45.4 Å². The fourth-order valence-corrected chi connectivity index (χ4v) is 3.58. The number of hydrogen-bond donors (Lipinski definition) is 1. The minimum absolute atomic E-state index is 0.219. The number of benzene rings is 1. The Kier molecular flexibility index (Phi) is 5.08. The second-order valence-corrected chi connectivity index (χ2v) is 7.27. The Labute approximate surface area is 154 Å². The Morgan fingerprint density at radius 1 is 1.19 bits per heavy atom. The number of aromatic amines is 1. The van der Waals surface area contributed by atoms with Crippen LogP contribution >= 0.6 is 11.3 Å². The molecule has 7 heteroatoms. The van der Waals surface area contributed by atoms with E-state index in [-0.39, 0.29) is 5.56 Å². The van der Waals surface area contributed by atoms with Crippen molar-refractivity contribution in [2.45, 2.75) is 39.9 Å². The molecule has 0 fully saturated rings. The van der Waals surface area contributed by atoms with Crippen LogP contribution < -0.4 is 10.3 Å². The summed E-state index contributed by atoms with van der Waals surface area (Å²) in [5.74, 6) is 0.383. The van der Waals surface area contributed by atoms with E-state index in [9.17, 15) is 9.59 Å². The van der Waals surface area contributed by atoms with E-state index >= 15 is 0 Å². The third-order valence-electron chi connectivity index (χ3n) is 4.12. The zero-order chi connectivity index (χ0) is 18.8. The van der Waals surface area contributed by atoms with E-state index in [4.69, 9.17) is 9.47 Å². The predicted octanol–water partition coefficient (Wildman–Crippen LogP) is 3.67. The molecule has 0 saturated heterocycles. The van der Waals surface area contributed by atoms with Crippen molar-refractivity contribution >= 4 is 27.5 Å². The highest BCUT2D eigenvalue weighted by molar-refractivity contribution is 7.18. The second kappa shape index (κ2) is 7.29. The van der Waals surface area contributed by atoms with Gasteiger partial charge in [0.25, 0.3) is 5.56 Å². The largest absolute Gasteiger partial charge is 0.479 e. The molecule has 0 aliphatic heterocycles. The smallest absolute Gasteiger partial charge is 0.347 e. The van der Waals surface area contributed by atoms with Crippen LogP contribution in [0.3, 0.4) is 0 Å². The lowest BCUT2D eigenvalue weighted by molar-refractivity contribution is -0.156. The number of H-pyrrole nitrogens is 1. The lowest BCUT2D eigenvalue weighted by atomic mass is 10.2. The second-order valence-electron chi connectivity index (χ2n) is 6.07. The molecule has 2 heterocycles. The van der Waals surface area contributed by atoms with Crippen molar-refractivity contribution in [2.75, 3.05) is 0 Å². The molecule has 136 valence electrons. The average Bonchev–Trinajstić information content (AvgIpc) is 2.90. The van der Waals surface area contributed by atoms with Crippen molar-refractivity contribution in [1.29, 1.82) is 0 Å². The van der Waals surface area contributed by atoms with Crippen molar-refractivity contribution in [2.24, 2.45) is 0 Å². The monoisotopic (exact) mass is 372 g/mol. The van der Waals surface area contributed by atoms with Gasteiger partial charge in [0.2, 0.25) is 0 Å². The van der Waals surface area contributed by atoms with Crippen LogP contribution in [0.25, 0.3) is 10.2 Å². The number of esters is 1. The SMILES string of the molecule is Cc1sc2nc([C@@H](C)OC(=O)[C@H](C)Oc3ccccc3)[nH]c(=O)c2c1C. The lowest BCUT2D eigenvalue weighted by Gasteiger charge is -2.17. The van der Waals surface area contributed by atoms with Gasteiger partial charge in [-0.15, -0.1) is 11.3 Å². The predicted molar refractivity (Wildman–Crippen MR) is 101 cm³/mol. The van der Waals surface area contributed by atoms with Crippen LogP contribution in [-0.2, 0) is 9.53 Å². The van der Waals surface area contributed by atoms with E-state index in [0.29, 0.717) is 21.8 Å². The number of carbonyl (C=O) groups excluding carboxylic acids is 1. The Morgan fingerprint density at radius 2 is 1.88 bits per heavy atom. The molecule has 0 unspecified atom stereocenters. The fraction of sp³-hybridized carbons (Fsp3) is 0.316. The minimum atomic E-state index is -0.776. The highest BCUT2D eigenvalue weighted by Gasteiger charge is 2.22. The number of aryl methyl sites for hydroxylation is 2. The number of rotatable bonds is 5. The first kappa shape index (κ1) is 18.1. The minimum Gasteiger partial charge on any atom is -0.479 e. The van der Waals surface area contributed by atoms with Crippen molar-refractivity contribution in [3.05, 3.63) is 57.0 Å². The molecule has 0 spiro atoms. The Hall–Kier alpha value is -2.67. The summed E-state index contributed by atoms with van der Waals surface area (Å²) in [6.45, 7) is 7.14. The summed E-state index contributed by atoms with van der Waals surface area (Å²) in [4.78, 5) is 33.5. The molecule has 0 bridgehead atoms. The maximum absolute atomic E-state index is 12.3. The van der Waals surface area contributed by atoms with E-state index in [1.54, 1.807) is 26.0 Å². The van der Waals surface area contributed by atoms with Gasteiger partial charge in [-0.2, -0.15) is 0 Å². The number of nitrogens with zero attached hydrogens (tertiary/aromatic N) is 1. The van der Waals surface area contributed by atoms with Gasteiger partial charge in [0.05, 0.1) is 5.39 Å². The molecular formula is C19H20N2O4S. The van der Waals surface area contributed by atoms with Gasteiger partial charge in [0.15, 0.2) is 18.0 Å². The first-order chi connectivity index (χ1) is 12.4. The number of fused-ring (bicyclic) bond motifs is 1. The van der Waals surface area contributed by atoms with Gasteiger partial charge < -0.3 is 14.5 Å². The molecule has 26 heavy (non-hydrogen) atoms. The molecule has 0 aliphatic carbocycles. The normalized spacial score (nSPS) is 13.4. The van der Waals surface area contributed by atoms with Crippen molar-refractivity contribution in [3.8, 4) is 5.75 Å². The standard InChI is InChI=1S/C19H20N2O4S/c1-10-13(4)26-18-15(10)17(22)20-16(21-18)11(2)25-19(23)12(3)24-14-8-6-5-7-9-14/h5-9,11-12H,1-4H3,(H,20,21,22)/t11-,12+/m1/s1. The molecule has 1 aromatic carbocycles. The van der Waals surface area contributed by atoms with Crippen LogP contribution in [0.1, 0.15) is 36.2 Å². The number of ether oxygens (including phenoxy) is 2. The molecule has 2 atom stereocenters. The highest BCUT2D eigenvalue weighted by atomic mass is 32.1. The Morgan fingerprint density at radius 3 is 2.58 bits per heavy atom. The summed E-state index contributed by atoms with van der Waals surface area (Å²) in [6.07, 6.45) is -1.47. The molecule has 3 aromatic rings. The molecule has 0 saturated carbocycles. The van der Waals surface area contributed by atoms with E-state index in [1.165, 1.54) is 11.3 Å². The number of para-hydroxylation sites is 1. The lowest BCUT2D eigenvalue weighted by Crippen LogP contribution is -2.28. The third-order valence-corrected chi connectivity index (χ3v) is 5.22. The van der Waals surface area contributed by atoms with Crippen LogP contribution in [0.2, 0.25) is 0 Å². The quantitative estimate of drug-likeness (QED) is 0.691. The van der Waals surface area contributed by atoms with Crippen LogP contribution in [0, 0.1) is 13.8 Å². The van der Waals surface area contributed by atoms with Crippen LogP contribution in [0.4, 0.5) is 0 Å². The first-order valence-electron chi connectivity index (χ1n) is 8.29. The van der Waals surface area contributed by atoms with Crippen molar-refractivity contribution < 1.29 is 14.3 Å². The van der Waals surface area contributed by atoms with Gasteiger partial charge in [-0.25, -0.2) is 9.78 Å². The van der Waals surface area contributed by atoms with Crippen molar-refractivity contribution in [1.82, 2.24) is 9.97 Å². The maximum atomic E-state index is 12.3. The van der Waals surface area contributed by atoms with Gasteiger partial charge in [-0.1, -0.05) is 18.2 Å². The summed E-state index contributed by atoms with van der Waals surface area (Å²) < 4.78 is 11.0. The van der Waals surface area contributed by atoms with Gasteiger partial charge in [-0.3, -0.25) is 4.79 Å². The number of carbonyl (C=O) groups is 1. The highest BCUT2D eigenvalue weighted by Crippen LogP contribution is 2.27. The number of thiophene rings is 1. The number of aromatic nitrogens is 2. The maximum Gasteiger partial charge on any atom is 0.347 e. The molecule has 1 N–H and O–H groups in total.